The minimum Gasteiger partial charge on any atom is -0.378 e. The maximum atomic E-state index is 12.6. The van der Waals surface area contributed by atoms with E-state index in [4.69, 9.17) is 4.74 Å². The molecule has 0 unspecified atom stereocenters. The summed E-state index contributed by atoms with van der Waals surface area (Å²) in [5.74, 6) is 0. The van der Waals surface area contributed by atoms with Crippen molar-refractivity contribution in [2.75, 3.05) is 54.5 Å². The van der Waals surface area contributed by atoms with Crippen LogP contribution >= 0.6 is 0 Å². The molecule has 2 aromatic rings. The van der Waals surface area contributed by atoms with Crippen molar-refractivity contribution in [1.82, 2.24) is 5.32 Å². The second-order valence-electron chi connectivity index (χ2n) is 7.29. The summed E-state index contributed by atoms with van der Waals surface area (Å²) in [6.07, 6.45) is 2.40. The third-order valence-corrected chi connectivity index (χ3v) is 5.35. The van der Waals surface area contributed by atoms with E-state index < -0.39 is 0 Å². The Morgan fingerprint density at radius 1 is 0.929 bits per heavy atom. The number of carbonyl (C=O) groups is 1. The van der Waals surface area contributed by atoms with Crippen LogP contribution in [0.5, 0.6) is 0 Å². The molecule has 2 aliphatic rings. The second-order valence-corrected chi connectivity index (χ2v) is 7.29. The number of nitrogens with zero attached hydrogens (tertiary/aromatic N) is 2. The number of hydrogen-bond donors (Lipinski definition) is 2. The Labute approximate surface area is 166 Å². The first-order valence-corrected chi connectivity index (χ1v) is 10.1. The molecule has 2 N–H and O–H groups in total. The van der Waals surface area contributed by atoms with Crippen molar-refractivity contribution >= 4 is 23.1 Å². The number of anilines is 3. The summed E-state index contributed by atoms with van der Waals surface area (Å²) in [5, 5.41) is 6.05. The van der Waals surface area contributed by atoms with Gasteiger partial charge in [0.15, 0.2) is 0 Å². The highest BCUT2D eigenvalue weighted by Crippen LogP contribution is 2.33. The van der Waals surface area contributed by atoms with E-state index >= 15 is 0 Å². The molecule has 2 heterocycles. The quantitative estimate of drug-likeness (QED) is 0.834. The minimum absolute atomic E-state index is 0.177. The van der Waals surface area contributed by atoms with Gasteiger partial charge in [-0.1, -0.05) is 30.3 Å². The normalized spacial score (nSPS) is 16.9. The highest BCUT2D eigenvalue weighted by Gasteiger charge is 2.19. The summed E-state index contributed by atoms with van der Waals surface area (Å²) >= 11 is 0. The zero-order valence-electron chi connectivity index (χ0n) is 16.2. The van der Waals surface area contributed by atoms with Crippen molar-refractivity contribution < 1.29 is 9.53 Å². The van der Waals surface area contributed by atoms with Crippen LogP contribution in [0.2, 0.25) is 0 Å². The number of hydrogen-bond acceptors (Lipinski definition) is 4. The van der Waals surface area contributed by atoms with Crippen LogP contribution in [-0.2, 0) is 11.3 Å². The molecule has 6 heteroatoms. The van der Waals surface area contributed by atoms with Crippen LogP contribution in [-0.4, -0.2) is 45.4 Å². The molecule has 2 fully saturated rings. The topological polar surface area (TPSA) is 56.8 Å². The zero-order chi connectivity index (χ0) is 19.2. The molecule has 6 nitrogen and oxygen atoms in total. The smallest absolute Gasteiger partial charge is 0.319 e. The van der Waals surface area contributed by atoms with Gasteiger partial charge in [-0.25, -0.2) is 4.79 Å². The molecule has 2 saturated heterocycles. The second kappa shape index (κ2) is 8.97. The molecule has 28 heavy (non-hydrogen) atoms. The lowest BCUT2D eigenvalue weighted by molar-refractivity contribution is 0.122. The van der Waals surface area contributed by atoms with Gasteiger partial charge in [-0.05, 0) is 36.6 Å². The molecule has 0 spiro atoms. The first-order chi connectivity index (χ1) is 13.8. The summed E-state index contributed by atoms with van der Waals surface area (Å²) in [6.45, 7) is 5.83. The Kier molecular flexibility index (Phi) is 5.97. The van der Waals surface area contributed by atoms with Crippen molar-refractivity contribution in [3.63, 3.8) is 0 Å². The molecular weight excluding hydrogens is 352 g/mol. The Morgan fingerprint density at radius 2 is 1.68 bits per heavy atom. The van der Waals surface area contributed by atoms with Crippen molar-refractivity contribution in [1.29, 1.82) is 0 Å². The van der Waals surface area contributed by atoms with Crippen molar-refractivity contribution in [2.24, 2.45) is 0 Å². The lowest BCUT2D eigenvalue weighted by Crippen LogP contribution is -2.36. The van der Waals surface area contributed by atoms with Crippen LogP contribution in [0.15, 0.2) is 48.5 Å². The fraction of sp³-hybridized carbons (Fsp3) is 0.409. The van der Waals surface area contributed by atoms with Gasteiger partial charge >= 0.3 is 6.03 Å². The highest BCUT2D eigenvalue weighted by molar-refractivity contribution is 5.94. The van der Waals surface area contributed by atoms with Crippen LogP contribution in [0.3, 0.4) is 0 Å². The average Bonchev–Trinajstić information content (AvgIpc) is 3.28. The summed E-state index contributed by atoms with van der Waals surface area (Å²) in [7, 11) is 0. The molecule has 148 valence electrons. The molecule has 2 aliphatic heterocycles. The number of benzene rings is 2. The van der Waals surface area contributed by atoms with E-state index in [9.17, 15) is 4.79 Å². The molecule has 4 rings (SSSR count). The lowest BCUT2D eigenvalue weighted by atomic mass is 10.2. The van der Waals surface area contributed by atoms with E-state index in [1.54, 1.807) is 0 Å². The maximum absolute atomic E-state index is 12.6. The predicted octanol–water partition coefficient (Wildman–Crippen LogP) is 3.45. The van der Waals surface area contributed by atoms with Gasteiger partial charge < -0.3 is 25.2 Å². The SMILES string of the molecule is O=C(NCc1ccccc1)Nc1cc(N2CCOCC2)ccc1N1CCCC1. The van der Waals surface area contributed by atoms with Crippen LogP contribution in [0.25, 0.3) is 0 Å². The average molecular weight is 380 g/mol. The van der Waals surface area contributed by atoms with Crippen molar-refractivity contribution in [3.8, 4) is 0 Å². The third kappa shape index (κ3) is 4.57. The Balaban J connectivity index is 1.49. The number of ether oxygens (including phenoxy) is 1. The Morgan fingerprint density at radius 3 is 2.43 bits per heavy atom. The van der Waals surface area contributed by atoms with E-state index in [1.165, 1.54) is 12.8 Å². The standard InChI is InChI=1S/C22H28N4O2/c27-22(23-17-18-6-2-1-3-7-18)24-20-16-19(25-12-14-28-15-13-25)8-9-21(20)26-10-4-5-11-26/h1-3,6-9,16H,4-5,10-15,17H2,(H2,23,24,27). The molecule has 0 bridgehead atoms. The van der Waals surface area contributed by atoms with Crippen molar-refractivity contribution in [3.05, 3.63) is 54.1 Å². The fourth-order valence-electron chi connectivity index (χ4n) is 3.82. The van der Waals surface area contributed by atoms with E-state index in [1.807, 2.05) is 30.3 Å². The summed E-state index contributed by atoms with van der Waals surface area (Å²) in [4.78, 5) is 17.2. The van der Waals surface area contributed by atoms with Gasteiger partial charge in [0.2, 0.25) is 0 Å². The molecule has 0 aliphatic carbocycles. The number of amides is 2. The van der Waals surface area contributed by atoms with E-state index in [-0.39, 0.29) is 6.03 Å². The molecule has 0 saturated carbocycles. The van der Waals surface area contributed by atoms with Gasteiger partial charge in [-0.2, -0.15) is 0 Å². The highest BCUT2D eigenvalue weighted by atomic mass is 16.5. The Hall–Kier alpha value is -2.73. The number of morpholine rings is 1. The number of nitrogens with one attached hydrogen (secondary N) is 2. The summed E-state index contributed by atoms with van der Waals surface area (Å²) in [5.41, 5.74) is 4.19. The van der Waals surface area contributed by atoms with Crippen LogP contribution in [0, 0.1) is 0 Å². The van der Waals surface area contributed by atoms with E-state index in [2.05, 4.69) is 38.6 Å². The van der Waals surface area contributed by atoms with Gasteiger partial charge in [0.1, 0.15) is 0 Å². The molecule has 0 aromatic heterocycles. The first-order valence-electron chi connectivity index (χ1n) is 10.1. The molecule has 2 amide bonds. The predicted molar refractivity (Wildman–Crippen MR) is 113 cm³/mol. The summed E-state index contributed by atoms with van der Waals surface area (Å²) in [6, 6.07) is 16.2. The third-order valence-electron chi connectivity index (χ3n) is 5.35. The maximum Gasteiger partial charge on any atom is 0.319 e. The van der Waals surface area contributed by atoms with Crippen LogP contribution in [0.4, 0.5) is 21.9 Å². The van der Waals surface area contributed by atoms with Crippen molar-refractivity contribution in [2.45, 2.75) is 19.4 Å². The Bertz CT molecular complexity index is 784. The fourth-order valence-corrected chi connectivity index (χ4v) is 3.82. The largest absolute Gasteiger partial charge is 0.378 e. The van der Waals surface area contributed by atoms with Crippen LogP contribution in [0.1, 0.15) is 18.4 Å². The number of carbonyl (C=O) groups excluding carboxylic acids is 1. The van der Waals surface area contributed by atoms with Gasteiger partial charge in [-0.3, -0.25) is 0 Å². The summed E-state index contributed by atoms with van der Waals surface area (Å²) < 4.78 is 5.47. The molecule has 0 radical (unpaired) electrons. The molecule has 0 atom stereocenters. The minimum atomic E-state index is -0.177. The van der Waals surface area contributed by atoms with Gasteiger partial charge in [0.25, 0.3) is 0 Å². The lowest BCUT2D eigenvalue weighted by Gasteiger charge is -2.30. The van der Waals surface area contributed by atoms with Crippen LogP contribution < -0.4 is 20.4 Å². The first kappa shape index (κ1) is 18.6. The number of urea groups is 1. The van der Waals surface area contributed by atoms with Gasteiger partial charge in [0, 0.05) is 38.4 Å². The van der Waals surface area contributed by atoms with Gasteiger partial charge in [0.05, 0.1) is 24.6 Å². The molecule has 2 aromatic carbocycles. The van der Waals surface area contributed by atoms with E-state index in [0.29, 0.717) is 6.54 Å². The van der Waals surface area contributed by atoms with E-state index in [0.717, 1.165) is 62.0 Å². The van der Waals surface area contributed by atoms with Gasteiger partial charge in [-0.15, -0.1) is 0 Å². The zero-order valence-corrected chi connectivity index (χ0v) is 16.2. The molecular formula is C22H28N4O2. The monoisotopic (exact) mass is 380 g/mol. The number of rotatable bonds is 5.